The third kappa shape index (κ3) is 15.3. The van der Waals surface area contributed by atoms with E-state index in [1.807, 2.05) is 19.1 Å². The lowest BCUT2D eigenvalue weighted by atomic mass is 9.98. The van der Waals surface area contributed by atoms with E-state index in [4.69, 9.17) is 47.9 Å². The Balaban J connectivity index is 1.53. The van der Waals surface area contributed by atoms with Crippen molar-refractivity contribution >= 4 is 29.1 Å². The first kappa shape index (κ1) is 39.9. The molecule has 0 radical (unpaired) electrons. The second kappa shape index (κ2) is 19.0. The maximum Gasteiger partial charge on any atom is 0.389 e. The van der Waals surface area contributed by atoms with Gasteiger partial charge in [0, 0.05) is 32.0 Å². The van der Waals surface area contributed by atoms with Crippen LogP contribution in [0.25, 0.3) is 0 Å². The molecular weight excluding hydrogens is 701 g/mol. The van der Waals surface area contributed by atoms with E-state index in [1.54, 1.807) is 24.3 Å². The van der Waals surface area contributed by atoms with Crippen LogP contribution in [0.5, 0.6) is 23.0 Å². The highest BCUT2D eigenvalue weighted by molar-refractivity contribution is 6.37. The molecule has 1 amide bonds. The van der Waals surface area contributed by atoms with Crippen molar-refractivity contribution in [2.24, 2.45) is 11.7 Å². The summed E-state index contributed by atoms with van der Waals surface area (Å²) in [7, 11) is 0. The van der Waals surface area contributed by atoms with Crippen LogP contribution in [0.4, 0.5) is 26.3 Å². The number of carbonyl (C=O) groups excluding carboxylic acids is 1. The third-order valence-corrected chi connectivity index (χ3v) is 7.52. The third-order valence-electron chi connectivity index (χ3n) is 6.96. The van der Waals surface area contributed by atoms with Crippen LogP contribution in [0.3, 0.4) is 0 Å². The van der Waals surface area contributed by atoms with E-state index in [0.29, 0.717) is 33.5 Å². The van der Waals surface area contributed by atoms with Gasteiger partial charge in [0.1, 0.15) is 30.5 Å². The Labute approximate surface area is 290 Å². The normalized spacial score (nSPS) is 12.4. The number of ether oxygens (including phenoxy) is 4. The molecule has 0 aliphatic heterocycles. The fourth-order valence-corrected chi connectivity index (χ4v) is 5.28. The average Bonchev–Trinajstić information content (AvgIpc) is 3.02. The monoisotopic (exact) mass is 738 g/mol. The zero-order chi connectivity index (χ0) is 36.0. The van der Waals surface area contributed by atoms with Crippen LogP contribution in [-0.4, -0.2) is 51.2 Å². The van der Waals surface area contributed by atoms with Crippen molar-refractivity contribution in [3.8, 4) is 23.0 Å². The van der Waals surface area contributed by atoms with Gasteiger partial charge in [0.05, 0.1) is 29.2 Å². The minimum Gasteiger partial charge on any atom is -0.493 e. The number of benzene rings is 3. The Kier molecular flexibility index (Phi) is 15.5. The SMILES string of the molecule is Cc1cc(Cl)c(OCCOc2ccc(CC(CN)C(=O)NCc3cc(OCCCC(F)(F)F)cc(OCCCC(F)(F)F)c3)cc2)c(Cl)c1. The fourth-order valence-electron chi connectivity index (χ4n) is 4.58. The van der Waals surface area contributed by atoms with Gasteiger partial charge < -0.3 is 30.0 Å². The molecule has 1 atom stereocenters. The molecule has 0 fully saturated rings. The quantitative estimate of drug-likeness (QED) is 0.0946. The van der Waals surface area contributed by atoms with Crippen molar-refractivity contribution in [2.75, 3.05) is 33.0 Å². The number of halogens is 8. The van der Waals surface area contributed by atoms with E-state index in [-0.39, 0.29) is 69.8 Å². The van der Waals surface area contributed by atoms with Crippen LogP contribution in [0.15, 0.2) is 54.6 Å². The van der Waals surface area contributed by atoms with Gasteiger partial charge in [-0.15, -0.1) is 0 Å². The molecule has 0 saturated heterocycles. The molecule has 3 N–H and O–H groups in total. The molecule has 3 rings (SSSR count). The van der Waals surface area contributed by atoms with Crippen LogP contribution < -0.4 is 30.0 Å². The Morgan fingerprint density at radius 1 is 0.735 bits per heavy atom. The fraction of sp³-hybridized carbons (Fsp3) is 0.441. The van der Waals surface area contributed by atoms with E-state index >= 15 is 0 Å². The molecule has 0 heterocycles. The zero-order valence-electron chi connectivity index (χ0n) is 26.7. The Morgan fingerprint density at radius 3 is 1.76 bits per heavy atom. The Bertz CT molecular complexity index is 1430. The lowest BCUT2D eigenvalue weighted by Gasteiger charge is -2.17. The van der Waals surface area contributed by atoms with Crippen molar-refractivity contribution < 1.29 is 50.1 Å². The lowest BCUT2D eigenvalue weighted by Crippen LogP contribution is -2.36. The summed E-state index contributed by atoms with van der Waals surface area (Å²) in [4.78, 5) is 13.0. The number of carbonyl (C=O) groups is 1. The topological polar surface area (TPSA) is 92.0 Å². The van der Waals surface area contributed by atoms with E-state index in [1.165, 1.54) is 18.2 Å². The second-order valence-corrected chi connectivity index (χ2v) is 12.0. The molecule has 49 heavy (non-hydrogen) atoms. The summed E-state index contributed by atoms with van der Waals surface area (Å²) < 4.78 is 97.3. The number of alkyl halides is 6. The van der Waals surface area contributed by atoms with Gasteiger partial charge in [0.2, 0.25) is 5.91 Å². The molecule has 0 spiro atoms. The number of amides is 1. The first-order chi connectivity index (χ1) is 23.1. The van der Waals surface area contributed by atoms with Crippen LogP contribution in [-0.2, 0) is 17.8 Å². The van der Waals surface area contributed by atoms with Gasteiger partial charge >= 0.3 is 12.4 Å². The van der Waals surface area contributed by atoms with E-state index in [2.05, 4.69) is 5.32 Å². The predicted molar refractivity (Wildman–Crippen MR) is 175 cm³/mol. The summed E-state index contributed by atoms with van der Waals surface area (Å²) in [6, 6.07) is 15.0. The van der Waals surface area contributed by atoms with Gasteiger partial charge in [0.25, 0.3) is 0 Å². The highest BCUT2D eigenvalue weighted by Crippen LogP contribution is 2.34. The predicted octanol–water partition coefficient (Wildman–Crippen LogP) is 8.64. The first-order valence-corrected chi connectivity index (χ1v) is 16.2. The van der Waals surface area contributed by atoms with Crippen molar-refractivity contribution in [3.05, 3.63) is 81.3 Å². The summed E-state index contributed by atoms with van der Waals surface area (Å²) in [5.74, 6) is 0.340. The van der Waals surface area contributed by atoms with Crippen molar-refractivity contribution in [1.82, 2.24) is 5.32 Å². The Morgan fingerprint density at radius 2 is 1.24 bits per heavy atom. The summed E-state index contributed by atoms with van der Waals surface area (Å²) in [5, 5.41) is 3.60. The molecule has 0 aromatic heterocycles. The average molecular weight is 740 g/mol. The van der Waals surface area contributed by atoms with Crippen LogP contribution in [0.1, 0.15) is 42.4 Å². The lowest BCUT2D eigenvalue weighted by molar-refractivity contribution is -0.137. The standard InChI is InChI=1S/C34H38Cl2F6N2O5/c1-22-14-29(35)31(30(36)15-22)49-13-12-48-26-6-4-23(5-7-26)16-25(20-43)32(45)44-21-24-17-27(46-10-2-8-33(37,38)39)19-28(18-24)47-11-3-9-34(40,41)42/h4-7,14-15,17-19,25H,2-3,8-13,16,20-21,43H2,1H3,(H,44,45). The molecule has 15 heteroatoms. The molecule has 3 aromatic carbocycles. The zero-order valence-corrected chi connectivity index (χ0v) is 28.2. The summed E-state index contributed by atoms with van der Waals surface area (Å²) in [6.45, 7) is 1.85. The van der Waals surface area contributed by atoms with Crippen LogP contribution in [0, 0.1) is 12.8 Å². The maximum atomic E-state index is 13.0. The highest BCUT2D eigenvalue weighted by atomic mass is 35.5. The van der Waals surface area contributed by atoms with Crippen LogP contribution in [0.2, 0.25) is 10.0 Å². The van der Waals surface area contributed by atoms with Gasteiger partial charge in [-0.05, 0) is 79.3 Å². The number of rotatable bonds is 19. The minimum atomic E-state index is -4.33. The minimum absolute atomic E-state index is 0.0120. The van der Waals surface area contributed by atoms with E-state index in [0.717, 1.165) is 11.1 Å². The van der Waals surface area contributed by atoms with Crippen LogP contribution >= 0.6 is 23.2 Å². The highest BCUT2D eigenvalue weighted by Gasteiger charge is 2.27. The molecule has 3 aromatic rings. The Hall–Kier alpha value is -3.55. The number of hydrogen-bond acceptors (Lipinski definition) is 6. The van der Waals surface area contributed by atoms with Gasteiger partial charge in [-0.3, -0.25) is 4.79 Å². The smallest absolute Gasteiger partial charge is 0.389 e. The number of aryl methyl sites for hydroxylation is 1. The molecule has 0 aliphatic rings. The summed E-state index contributed by atoms with van der Waals surface area (Å²) in [5.41, 5.74) is 8.12. The van der Waals surface area contributed by atoms with Gasteiger partial charge in [0.15, 0.2) is 5.75 Å². The largest absolute Gasteiger partial charge is 0.493 e. The van der Waals surface area contributed by atoms with Gasteiger partial charge in [-0.25, -0.2) is 0 Å². The van der Waals surface area contributed by atoms with Gasteiger partial charge in [-0.2, -0.15) is 26.3 Å². The van der Waals surface area contributed by atoms with Crippen molar-refractivity contribution in [2.45, 2.75) is 57.9 Å². The van der Waals surface area contributed by atoms with E-state index in [9.17, 15) is 31.1 Å². The molecule has 7 nitrogen and oxygen atoms in total. The first-order valence-electron chi connectivity index (χ1n) is 15.4. The molecular formula is C34H38Cl2F6N2O5. The summed E-state index contributed by atoms with van der Waals surface area (Å²) in [6.07, 6.45) is -11.0. The molecule has 0 aliphatic carbocycles. The molecule has 1 unspecified atom stereocenters. The van der Waals surface area contributed by atoms with Crippen molar-refractivity contribution in [3.63, 3.8) is 0 Å². The molecule has 270 valence electrons. The molecule has 0 saturated carbocycles. The number of hydrogen-bond donors (Lipinski definition) is 2. The second-order valence-electron chi connectivity index (χ2n) is 11.2. The van der Waals surface area contributed by atoms with Gasteiger partial charge in [-0.1, -0.05) is 35.3 Å². The number of nitrogens with one attached hydrogen (secondary N) is 1. The van der Waals surface area contributed by atoms with Crippen molar-refractivity contribution in [1.29, 1.82) is 0 Å². The van der Waals surface area contributed by atoms with E-state index < -0.39 is 31.1 Å². The molecule has 0 bridgehead atoms. The summed E-state index contributed by atoms with van der Waals surface area (Å²) >= 11 is 12.4. The number of nitrogens with two attached hydrogens (primary N) is 1. The maximum absolute atomic E-state index is 13.0.